The van der Waals surface area contributed by atoms with Gasteiger partial charge in [0.2, 0.25) is 5.91 Å². The summed E-state index contributed by atoms with van der Waals surface area (Å²) in [6.45, 7) is 1.34. The molecule has 1 unspecified atom stereocenters. The van der Waals surface area contributed by atoms with Crippen molar-refractivity contribution in [2.45, 2.75) is 32.2 Å². The van der Waals surface area contributed by atoms with Gasteiger partial charge >= 0.3 is 5.97 Å². The molecular weight excluding hydrogens is 386 g/mol. The van der Waals surface area contributed by atoms with Gasteiger partial charge in [-0.15, -0.1) is 0 Å². The number of rotatable bonds is 4. The monoisotopic (exact) mass is 405 g/mol. The fourth-order valence-corrected chi connectivity index (χ4v) is 4.22. The number of carbonyl (C=O) groups excluding carboxylic acids is 2. The molecular formula is C18H20BrN3O3. The normalized spacial score (nSPS) is 20.5. The third-order valence-corrected chi connectivity index (χ3v) is 5.81. The Morgan fingerprint density at radius 2 is 2.28 bits per heavy atom. The Hall–Kier alpha value is -1.89. The molecule has 4 rings (SSSR count). The van der Waals surface area contributed by atoms with Gasteiger partial charge in [0.15, 0.2) is 0 Å². The molecule has 0 bridgehead atoms. The van der Waals surface area contributed by atoms with Crippen molar-refractivity contribution in [1.29, 1.82) is 0 Å². The molecule has 6 nitrogen and oxygen atoms in total. The van der Waals surface area contributed by atoms with E-state index in [0.717, 1.165) is 33.0 Å². The van der Waals surface area contributed by atoms with Crippen molar-refractivity contribution >= 4 is 38.7 Å². The maximum absolute atomic E-state index is 13.1. The van der Waals surface area contributed by atoms with Gasteiger partial charge < -0.3 is 9.64 Å². The second-order valence-corrected chi connectivity index (χ2v) is 7.85. The highest BCUT2D eigenvalue weighted by Gasteiger charge is 2.35. The summed E-state index contributed by atoms with van der Waals surface area (Å²) in [6.07, 6.45) is 4.85. The maximum atomic E-state index is 13.1. The van der Waals surface area contributed by atoms with Gasteiger partial charge in [0.25, 0.3) is 0 Å². The predicted octanol–water partition coefficient (Wildman–Crippen LogP) is 2.80. The minimum atomic E-state index is -0.372. The van der Waals surface area contributed by atoms with Crippen LogP contribution in [0.5, 0.6) is 0 Å². The average Bonchev–Trinajstić information content (AvgIpc) is 3.29. The number of amides is 1. The van der Waals surface area contributed by atoms with Crippen LogP contribution in [0.4, 0.5) is 0 Å². The summed E-state index contributed by atoms with van der Waals surface area (Å²) in [5, 5.41) is 8.22. The number of nitrogens with one attached hydrogen (secondary N) is 1. The minimum absolute atomic E-state index is 0.0567. The number of aromatic nitrogens is 2. The van der Waals surface area contributed by atoms with Gasteiger partial charge in [0.05, 0.1) is 31.2 Å². The molecule has 25 heavy (non-hydrogen) atoms. The number of fused-ring (bicyclic) bond motifs is 3. The third kappa shape index (κ3) is 3.17. The first kappa shape index (κ1) is 16.6. The summed E-state index contributed by atoms with van der Waals surface area (Å²) in [5.74, 6) is -0.0545. The lowest BCUT2D eigenvalue weighted by atomic mass is 9.93. The van der Waals surface area contributed by atoms with Crippen molar-refractivity contribution < 1.29 is 14.3 Å². The minimum Gasteiger partial charge on any atom is -0.469 e. The molecule has 0 saturated heterocycles. The molecule has 2 heterocycles. The van der Waals surface area contributed by atoms with E-state index in [2.05, 4.69) is 26.1 Å². The predicted molar refractivity (Wildman–Crippen MR) is 95.8 cm³/mol. The summed E-state index contributed by atoms with van der Waals surface area (Å²) in [5.41, 5.74) is 3.18. The Kier molecular flexibility index (Phi) is 4.27. The van der Waals surface area contributed by atoms with Crippen molar-refractivity contribution in [1.82, 2.24) is 15.1 Å². The molecule has 1 N–H and O–H groups in total. The molecule has 1 aliphatic carbocycles. The molecule has 1 aromatic heterocycles. The number of halogens is 1. The number of methoxy groups -OCH3 is 1. The van der Waals surface area contributed by atoms with Crippen LogP contribution in [0, 0.1) is 11.8 Å². The summed E-state index contributed by atoms with van der Waals surface area (Å²) in [6, 6.07) is 2.05. The first-order valence-electron chi connectivity index (χ1n) is 8.55. The number of hydrogen-bond donors (Lipinski definition) is 1. The van der Waals surface area contributed by atoms with E-state index in [1.54, 1.807) is 0 Å². The van der Waals surface area contributed by atoms with E-state index in [-0.39, 0.29) is 24.2 Å². The van der Waals surface area contributed by atoms with E-state index in [1.165, 1.54) is 20.0 Å². The lowest BCUT2D eigenvalue weighted by molar-refractivity contribution is -0.147. The number of ether oxygens (including phenoxy) is 1. The molecule has 1 aliphatic heterocycles. The fraction of sp³-hybridized carbons (Fsp3) is 0.500. The lowest BCUT2D eigenvalue weighted by Gasteiger charge is -2.24. The van der Waals surface area contributed by atoms with E-state index < -0.39 is 0 Å². The topological polar surface area (TPSA) is 75.3 Å². The molecule has 2 aromatic rings. The smallest absolute Gasteiger partial charge is 0.306 e. The number of carbonyl (C=O) groups is 2. The number of esters is 1. The van der Waals surface area contributed by atoms with Crippen LogP contribution in [0.2, 0.25) is 0 Å². The zero-order valence-corrected chi connectivity index (χ0v) is 15.6. The second kappa shape index (κ2) is 6.44. The second-order valence-electron chi connectivity index (χ2n) is 7.00. The molecule has 7 heteroatoms. The van der Waals surface area contributed by atoms with Crippen molar-refractivity contribution in [3.05, 3.63) is 27.9 Å². The molecule has 1 amide bonds. The molecule has 0 radical (unpaired) electrons. The van der Waals surface area contributed by atoms with E-state index in [0.29, 0.717) is 18.9 Å². The Balaban J connectivity index is 1.76. The van der Waals surface area contributed by atoms with Crippen LogP contribution < -0.4 is 0 Å². The summed E-state index contributed by atoms with van der Waals surface area (Å²) < 4.78 is 5.74. The van der Waals surface area contributed by atoms with Crippen LogP contribution in [0.3, 0.4) is 0 Å². The number of hydrogen-bond acceptors (Lipinski definition) is 4. The summed E-state index contributed by atoms with van der Waals surface area (Å²) in [4.78, 5) is 26.8. The number of nitrogens with zero attached hydrogens (tertiary/aromatic N) is 2. The zero-order chi connectivity index (χ0) is 17.6. The Morgan fingerprint density at radius 1 is 1.48 bits per heavy atom. The summed E-state index contributed by atoms with van der Waals surface area (Å²) >= 11 is 3.58. The lowest BCUT2D eigenvalue weighted by Crippen LogP contribution is -2.37. The quantitative estimate of drug-likeness (QED) is 0.793. The van der Waals surface area contributed by atoms with Gasteiger partial charge in [-0.05, 0) is 58.3 Å². The molecule has 2 aliphatic rings. The van der Waals surface area contributed by atoms with E-state index >= 15 is 0 Å². The maximum Gasteiger partial charge on any atom is 0.306 e. The largest absolute Gasteiger partial charge is 0.469 e. The fourth-order valence-electron chi connectivity index (χ4n) is 3.64. The van der Waals surface area contributed by atoms with Crippen LogP contribution >= 0.6 is 15.9 Å². The highest BCUT2D eigenvalue weighted by atomic mass is 79.9. The van der Waals surface area contributed by atoms with Crippen LogP contribution in [-0.2, 0) is 27.3 Å². The first-order chi connectivity index (χ1) is 12.1. The van der Waals surface area contributed by atoms with Gasteiger partial charge in [-0.3, -0.25) is 14.7 Å². The zero-order valence-electron chi connectivity index (χ0n) is 14.0. The number of H-pyrrole nitrogens is 1. The van der Waals surface area contributed by atoms with Crippen molar-refractivity contribution in [3.8, 4) is 0 Å². The summed E-state index contributed by atoms with van der Waals surface area (Å²) in [7, 11) is 1.37. The van der Waals surface area contributed by atoms with Gasteiger partial charge in [0, 0.05) is 22.9 Å². The van der Waals surface area contributed by atoms with Crippen LogP contribution in [-0.4, -0.2) is 40.6 Å². The van der Waals surface area contributed by atoms with Crippen molar-refractivity contribution in [2.24, 2.45) is 11.8 Å². The molecule has 1 saturated carbocycles. The molecule has 1 fully saturated rings. The Labute approximate surface area is 154 Å². The van der Waals surface area contributed by atoms with E-state index in [9.17, 15) is 9.59 Å². The Morgan fingerprint density at radius 3 is 3.00 bits per heavy atom. The van der Waals surface area contributed by atoms with Crippen LogP contribution in [0.25, 0.3) is 10.9 Å². The Bertz CT molecular complexity index is 843. The standard InChI is InChI=1S/C18H20BrN3O3/c1-25-16(23)6-12-4-11-5-15(19)17-13(7-20-21-17)14(11)9-22(18(12)24)8-10-2-3-10/h5,7,10,12H,2-4,6,8-9H2,1H3,(H,20,21). The first-order valence-corrected chi connectivity index (χ1v) is 9.35. The van der Waals surface area contributed by atoms with Gasteiger partial charge in [-0.1, -0.05) is 0 Å². The number of benzene rings is 1. The highest BCUT2D eigenvalue weighted by Crippen LogP contribution is 2.36. The van der Waals surface area contributed by atoms with E-state index in [4.69, 9.17) is 4.74 Å². The van der Waals surface area contributed by atoms with Gasteiger partial charge in [-0.2, -0.15) is 5.10 Å². The molecule has 1 aromatic carbocycles. The van der Waals surface area contributed by atoms with Gasteiger partial charge in [0.1, 0.15) is 0 Å². The van der Waals surface area contributed by atoms with Crippen LogP contribution in [0.15, 0.2) is 16.7 Å². The van der Waals surface area contributed by atoms with E-state index in [1.807, 2.05) is 17.2 Å². The van der Waals surface area contributed by atoms with Crippen molar-refractivity contribution in [2.75, 3.05) is 13.7 Å². The third-order valence-electron chi connectivity index (χ3n) is 5.18. The average molecular weight is 406 g/mol. The van der Waals surface area contributed by atoms with Gasteiger partial charge in [-0.25, -0.2) is 0 Å². The number of aromatic amines is 1. The van der Waals surface area contributed by atoms with Crippen LogP contribution in [0.1, 0.15) is 30.4 Å². The highest BCUT2D eigenvalue weighted by molar-refractivity contribution is 9.10. The SMILES string of the molecule is COC(=O)CC1Cc2cc(Br)c3[nH]ncc3c2CN(CC2CC2)C1=O. The molecule has 132 valence electrons. The van der Waals surface area contributed by atoms with Crippen molar-refractivity contribution in [3.63, 3.8) is 0 Å². The molecule has 1 atom stereocenters. The molecule has 0 spiro atoms.